The third kappa shape index (κ3) is 2.95. The Bertz CT molecular complexity index is 339. The van der Waals surface area contributed by atoms with Crippen molar-refractivity contribution in [1.29, 1.82) is 0 Å². The molecule has 0 saturated heterocycles. The van der Waals surface area contributed by atoms with Crippen LogP contribution in [0.1, 0.15) is 5.56 Å². The molecule has 0 amide bonds. The molecule has 0 aliphatic rings. The van der Waals surface area contributed by atoms with E-state index in [4.69, 9.17) is 16.6 Å². The standard InChI is InChI=1S/C9H13N3O2/c10-7-1-2-8(11)6(3-7)4-12-5-9(13)14/h1-3,12H,4-5,10-11H2,(H,13,14). The van der Waals surface area contributed by atoms with Gasteiger partial charge in [-0.15, -0.1) is 0 Å². The highest BCUT2D eigenvalue weighted by atomic mass is 16.4. The van der Waals surface area contributed by atoms with Gasteiger partial charge in [0, 0.05) is 17.9 Å². The topological polar surface area (TPSA) is 101 Å². The van der Waals surface area contributed by atoms with Crippen LogP contribution in [0.2, 0.25) is 0 Å². The van der Waals surface area contributed by atoms with Crippen molar-refractivity contribution >= 4 is 17.3 Å². The van der Waals surface area contributed by atoms with Gasteiger partial charge < -0.3 is 21.9 Å². The summed E-state index contributed by atoms with van der Waals surface area (Å²) in [5.41, 5.74) is 13.3. The molecule has 0 fully saturated rings. The van der Waals surface area contributed by atoms with E-state index >= 15 is 0 Å². The van der Waals surface area contributed by atoms with E-state index in [0.29, 0.717) is 17.9 Å². The molecule has 0 aliphatic carbocycles. The Kier molecular flexibility index (Phi) is 3.30. The molecule has 5 heteroatoms. The first-order valence-electron chi connectivity index (χ1n) is 4.16. The number of nitrogens with two attached hydrogens (primary N) is 2. The Balaban J connectivity index is 2.57. The van der Waals surface area contributed by atoms with Crippen molar-refractivity contribution < 1.29 is 9.90 Å². The Labute approximate surface area is 81.7 Å². The molecule has 0 bridgehead atoms. The highest BCUT2D eigenvalue weighted by molar-refractivity contribution is 5.69. The summed E-state index contributed by atoms with van der Waals surface area (Å²) in [7, 11) is 0. The number of hydrogen-bond donors (Lipinski definition) is 4. The van der Waals surface area contributed by atoms with Crippen LogP contribution in [0.3, 0.4) is 0 Å². The monoisotopic (exact) mass is 195 g/mol. The summed E-state index contributed by atoms with van der Waals surface area (Å²) in [4.78, 5) is 10.2. The molecule has 0 atom stereocenters. The second kappa shape index (κ2) is 4.48. The molecule has 0 aromatic heterocycles. The molecular formula is C9H13N3O2. The van der Waals surface area contributed by atoms with Crippen LogP contribution in [0.5, 0.6) is 0 Å². The fourth-order valence-electron chi connectivity index (χ4n) is 1.08. The van der Waals surface area contributed by atoms with E-state index < -0.39 is 5.97 Å². The van der Waals surface area contributed by atoms with Gasteiger partial charge in [0.25, 0.3) is 0 Å². The predicted octanol–water partition coefficient (Wildman–Crippen LogP) is 0.0252. The Morgan fingerprint density at radius 2 is 2.14 bits per heavy atom. The van der Waals surface area contributed by atoms with Crippen molar-refractivity contribution in [3.63, 3.8) is 0 Å². The van der Waals surface area contributed by atoms with Gasteiger partial charge in [-0.2, -0.15) is 0 Å². The first kappa shape index (κ1) is 10.3. The Morgan fingerprint density at radius 3 is 2.79 bits per heavy atom. The van der Waals surface area contributed by atoms with Crippen molar-refractivity contribution in [3.05, 3.63) is 23.8 Å². The van der Waals surface area contributed by atoms with Crippen LogP contribution in [0, 0.1) is 0 Å². The molecule has 5 nitrogen and oxygen atoms in total. The molecule has 1 aromatic rings. The van der Waals surface area contributed by atoms with Crippen LogP contribution in [-0.2, 0) is 11.3 Å². The SMILES string of the molecule is Nc1ccc(N)c(CNCC(=O)O)c1. The van der Waals surface area contributed by atoms with E-state index in [1.165, 1.54) is 0 Å². The average molecular weight is 195 g/mol. The van der Waals surface area contributed by atoms with Crippen molar-refractivity contribution in [2.75, 3.05) is 18.0 Å². The average Bonchev–Trinajstić information content (AvgIpc) is 2.10. The zero-order chi connectivity index (χ0) is 10.6. The molecule has 0 unspecified atom stereocenters. The van der Waals surface area contributed by atoms with Gasteiger partial charge in [-0.25, -0.2) is 0 Å². The van der Waals surface area contributed by atoms with E-state index in [2.05, 4.69) is 5.32 Å². The lowest BCUT2D eigenvalue weighted by atomic mass is 10.1. The minimum atomic E-state index is -0.896. The number of nitrogens with one attached hydrogen (secondary N) is 1. The lowest BCUT2D eigenvalue weighted by Gasteiger charge is -2.06. The van der Waals surface area contributed by atoms with Gasteiger partial charge in [-0.3, -0.25) is 4.79 Å². The minimum Gasteiger partial charge on any atom is -0.480 e. The van der Waals surface area contributed by atoms with Crippen LogP contribution < -0.4 is 16.8 Å². The van der Waals surface area contributed by atoms with Gasteiger partial charge in [0.2, 0.25) is 0 Å². The molecule has 0 saturated carbocycles. The fraction of sp³-hybridized carbons (Fsp3) is 0.222. The van der Waals surface area contributed by atoms with Crippen LogP contribution in [0.25, 0.3) is 0 Å². The van der Waals surface area contributed by atoms with E-state index in [1.807, 2.05) is 0 Å². The molecule has 0 heterocycles. The summed E-state index contributed by atoms with van der Waals surface area (Å²) in [6.07, 6.45) is 0. The summed E-state index contributed by atoms with van der Waals surface area (Å²) >= 11 is 0. The van der Waals surface area contributed by atoms with Crippen molar-refractivity contribution in [2.45, 2.75) is 6.54 Å². The molecule has 6 N–H and O–H groups in total. The molecule has 1 rings (SSSR count). The van der Waals surface area contributed by atoms with Crippen molar-refractivity contribution in [3.8, 4) is 0 Å². The second-order valence-electron chi connectivity index (χ2n) is 2.96. The first-order chi connectivity index (χ1) is 6.59. The maximum absolute atomic E-state index is 10.2. The smallest absolute Gasteiger partial charge is 0.317 e. The van der Waals surface area contributed by atoms with Gasteiger partial charge in [0.05, 0.1) is 6.54 Å². The van der Waals surface area contributed by atoms with Crippen LogP contribution in [-0.4, -0.2) is 17.6 Å². The van der Waals surface area contributed by atoms with Crippen LogP contribution >= 0.6 is 0 Å². The van der Waals surface area contributed by atoms with Gasteiger partial charge in [0.15, 0.2) is 0 Å². The number of carboxylic acid groups (broad SMARTS) is 1. The summed E-state index contributed by atoms with van der Waals surface area (Å²) in [6, 6.07) is 5.13. The van der Waals surface area contributed by atoms with E-state index in [9.17, 15) is 4.79 Å². The number of carbonyl (C=O) groups is 1. The minimum absolute atomic E-state index is 0.0890. The Hall–Kier alpha value is -1.75. The maximum atomic E-state index is 10.2. The molecule has 0 aliphatic heterocycles. The third-order valence-corrected chi connectivity index (χ3v) is 1.76. The highest BCUT2D eigenvalue weighted by Gasteiger charge is 2.00. The first-order valence-corrected chi connectivity index (χ1v) is 4.16. The van der Waals surface area contributed by atoms with Gasteiger partial charge in [-0.1, -0.05) is 0 Å². The zero-order valence-electron chi connectivity index (χ0n) is 7.66. The molecule has 14 heavy (non-hydrogen) atoms. The van der Waals surface area contributed by atoms with Gasteiger partial charge >= 0.3 is 5.97 Å². The number of anilines is 2. The molecule has 0 spiro atoms. The highest BCUT2D eigenvalue weighted by Crippen LogP contribution is 2.14. The van der Waals surface area contributed by atoms with Crippen molar-refractivity contribution in [1.82, 2.24) is 5.32 Å². The summed E-state index contributed by atoms with van der Waals surface area (Å²) < 4.78 is 0. The number of aliphatic carboxylic acids is 1. The fourth-order valence-corrected chi connectivity index (χ4v) is 1.08. The van der Waals surface area contributed by atoms with Crippen LogP contribution in [0.15, 0.2) is 18.2 Å². The number of hydrogen-bond acceptors (Lipinski definition) is 4. The largest absolute Gasteiger partial charge is 0.480 e. The maximum Gasteiger partial charge on any atom is 0.317 e. The number of rotatable bonds is 4. The summed E-state index contributed by atoms with van der Waals surface area (Å²) in [6.45, 7) is 0.317. The molecule has 1 aromatic carbocycles. The number of nitrogen functional groups attached to an aromatic ring is 2. The lowest BCUT2D eigenvalue weighted by molar-refractivity contribution is -0.135. The number of benzene rings is 1. The lowest BCUT2D eigenvalue weighted by Crippen LogP contribution is -2.22. The van der Waals surface area contributed by atoms with Gasteiger partial charge in [0.1, 0.15) is 0 Å². The quantitative estimate of drug-likeness (QED) is 0.507. The van der Waals surface area contributed by atoms with E-state index in [1.54, 1.807) is 18.2 Å². The molecular weight excluding hydrogens is 182 g/mol. The summed E-state index contributed by atoms with van der Waals surface area (Å²) in [5.74, 6) is -0.896. The summed E-state index contributed by atoms with van der Waals surface area (Å²) in [5, 5.41) is 11.1. The predicted molar refractivity (Wildman–Crippen MR) is 54.6 cm³/mol. The number of carboxylic acids is 1. The van der Waals surface area contributed by atoms with Gasteiger partial charge in [-0.05, 0) is 23.8 Å². The molecule has 0 radical (unpaired) electrons. The zero-order valence-corrected chi connectivity index (χ0v) is 7.66. The molecule has 76 valence electrons. The Morgan fingerprint density at radius 1 is 1.43 bits per heavy atom. The van der Waals surface area contributed by atoms with E-state index in [-0.39, 0.29) is 6.54 Å². The third-order valence-electron chi connectivity index (χ3n) is 1.76. The second-order valence-corrected chi connectivity index (χ2v) is 2.96. The normalized spacial score (nSPS) is 10.0. The van der Waals surface area contributed by atoms with Crippen molar-refractivity contribution in [2.24, 2.45) is 0 Å². The van der Waals surface area contributed by atoms with Crippen LogP contribution in [0.4, 0.5) is 11.4 Å². The van der Waals surface area contributed by atoms with E-state index in [0.717, 1.165) is 5.56 Å².